The van der Waals surface area contributed by atoms with E-state index in [1.165, 1.54) is 11.1 Å². The maximum Gasteiger partial charge on any atom is 0.278 e. The highest BCUT2D eigenvalue weighted by Gasteiger charge is 2.28. The van der Waals surface area contributed by atoms with Gasteiger partial charge in [0.25, 0.3) is 11.5 Å². The molecule has 0 saturated carbocycles. The minimum Gasteiger partial charge on any atom is -0.480 e. The SMILES string of the molecule is CN1Cc2ccc(Nc3ncc4c(=O)n5n(c4n3)-c3ccc4c(n3)N(CCCC=CC5)C(=O)CO4)cc2C1. The molecule has 0 unspecified atom stereocenters. The first kappa shape index (κ1) is 22.7. The number of carbonyl (C=O) groups excluding carboxylic acids is 1. The van der Waals surface area contributed by atoms with Gasteiger partial charge in [-0.15, -0.1) is 0 Å². The summed E-state index contributed by atoms with van der Waals surface area (Å²) in [6, 6.07) is 9.83. The Balaban J connectivity index is 1.36. The Bertz CT molecular complexity index is 1690. The number of benzene rings is 1. The number of anilines is 3. The van der Waals surface area contributed by atoms with Crippen molar-refractivity contribution in [2.75, 3.05) is 30.4 Å². The van der Waals surface area contributed by atoms with Crippen LogP contribution in [0.25, 0.3) is 16.9 Å². The van der Waals surface area contributed by atoms with Crippen molar-refractivity contribution in [2.45, 2.75) is 32.5 Å². The first-order chi connectivity index (χ1) is 18.5. The normalized spacial score (nSPS) is 17.0. The second-order valence-electron chi connectivity index (χ2n) is 9.85. The predicted octanol–water partition coefficient (Wildman–Crippen LogP) is 2.74. The number of rotatable bonds is 2. The third kappa shape index (κ3) is 3.74. The van der Waals surface area contributed by atoms with E-state index in [0.717, 1.165) is 31.6 Å². The predicted molar refractivity (Wildman–Crippen MR) is 142 cm³/mol. The first-order valence-electron chi connectivity index (χ1n) is 12.7. The summed E-state index contributed by atoms with van der Waals surface area (Å²) in [5.74, 6) is 1.72. The molecule has 11 nitrogen and oxygen atoms in total. The molecule has 192 valence electrons. The van der Waals surface area contributed by atoms with Crippen LogP contribution in [0.3, 0.4) is 0 Å². The Morgan fingerprint density at radius 3 is 2.84 bits per heavy atom. The Morgan fingerprint density at radius 2 is 1.92 bits per heavy atom. The molecule has 0 radical (unpaired) electrons. The zero-order valence-corrected chi connectivity index (χ0v) is 20.9. The third-order valence-electron chi connectivity index (χ3n) is 7.17. The van der Waals surface area contributed by atoms with E-state index >= 15 is 0 Å². The number of hydrogen-bond acceptors (Lipinski definition) is 8. The van der Waals surface area contributed by atoms with Crippen molar-refractivity contribution >= 4 is 34.4 Å². The van der Waals surface area contributed by atoms with Gasteiger partial charge < -0.3 is 10.1 Å². The average Bonchev–Trinajstić information content (AvgIpc) is 3.41. The standard InChI is InChI=1S/C27H26N8O3/c1-32-14-17-6-7-19(12-18(17)15-32)29-27-28-13-20-24(31-27)35-22-9-8-21-25(30-22)33(23(36)16-38-21)10-4-2-3-5-11-34(35)26(20)37/h3,5-9,12-13H,2,4,10-11,14-16H2,1H3,(H,28,29,31). The van der Waals surface area contributed by atoms with E-state index in [9.17, 15) is 9.59 Å². The van der Waals surface area contributed by atoms with Crippen LogP contribution in [0.15, 0.2) is 53.5 Å². The maximum atomic E-state index is 13.5. The summed E-state index contributed by atoms with van der Waals surface area (Å²) in [4.78, 5) is 44.0. The molecular weight excluding hydrogens is 484 g/mol. The van der Waals surface area contributed by atoms with Gasteiger partial charge in [-0.25, -0.2) is 19.3 Å². The number of nitrogens with zero attached hydrogens (tertiary/aromatic N) is 7. The van der Waals surface area contributed by atoms with Crippen LogP contribution in [0.2, 0.25) is 0 Å². The number of pyridine rings is 1. The number of amides is 1. The Hall–Kier alpha value is -4.51. The number of fused-ring (bicyclic) bond motifs is 6. The molecule has 0 saturated heterocycles. The van der Waals surface area contributed by atoms with Crippen molar-refractivity contribution in [2.24, 2.45) is 0 Å². The number of aromatic nitrogens is 5. The first-order valence-corrected chi connectivity index (χ1v) is 12.7. The molecule has 4 aromatic rings. The van der Waals surface area contributed by atoms with Gasteiger partial charge in [0.1, 0.15) is 5.39 Å². The average molecular weight is 511 g/mol. The van der Waals surface area contributed by atoms with E-state index < -0.39 is 0 Å². The lowest BCUT2D eigenvalue weighted by molar-refractivity contribution is -0.121. The van der Waals surface area contributed by atoms with Crippen molar-refractivity contribution in [3.8, 4) is 11.6 Å². The molecule has 6 heterocycles. The van der Waals surface area contributed by atoms with E-state index in [0.29, 0.717) is 47.5 Å². The molecule has 1 amide bonds. The van der Waals surface area contributed by atoms with E-state index in [4.69, 9.17) is 14.7 Å². The van der Waals surface area contributed by atoms with Gasteiger partial charge in [0.05, 0.1) is 6.54 Å². The topological polar surface area (TPSA) is 110 Å². The molecule has 1 aromatic carbocycles. The summed E-state index contributed by atoms with van der Waals surface area (Å²) < 4.78 is 8.93. The lowest BCUT2D eigenvalue weighted by Gasteiger charge is -2.28. The van der Waals surface area contributed by atoms with Crippen molar-refractivity contribution < 1.29 is 9.53 Å². The Labute approximate surface area is 218 Å². The minimum atomic E-state index is -0.211. The van der Waals surface area contributed by atoms with Crippen LogP contribution in [0.5, 0.6) is 5.75 Å². The summed E-state index contributed by atoms with van der Waals surface area (Å²) in [5, 5.41) is 3.69. The summed E-state index contributed by atoms with van der Waals surface area (Å²) in [6.07, 6.45) is 7.11. The van der Waals surface area contributed by atoms with Crippen molar-refractivity contribution in [1.29, 1.82) is 0 Å². The monoisotopic (exact) mass is 510 g/mol. The van der Waals surface area contributed by atoms with Crippen LogP contribution in [0.4, 0.5) is 17.5 Å². The molecule has 7 rings (SSSR count). The number of carbonyl (C=O) groups is 1. The lowest BCUT2D eigenvalue weighted by Crippen LogP contribution is -2.40. The fourth-order valence-electron chi connectivity index (χ4n) is 5.33. The smallest absolute Gasteiger partial charge is 0.278 e. The number of hydrogen-bond donors (Lipinski definition) is 1. The largest absolute Gasteiger partial charge is 0.480 e. The summed E-state index contributed by atoms with van der Waals surface area (Å²) in [5.41, 5.74) is 3.69. The maximum absolute atomic E-state index is 13.5. The third-order valence-corrected chi connectivity index (χ3v) is 7.17. The number of nitrogens with one attached hydrogen (secondary N) is 1. The molecular formula is C27H26N8O3. The fraction of sp³-hybridized carbons (Fsp3) is 0.296. The van der Waals surface area contributed by atoms with Gasteiger partial charge in [-0.3, -0.25) is 19.4 Å². The van der Waals surface area contributed by atoms with E-state index in [2.05, 4.69) is 34.4 Å². The Morgan fingerprint density at radius 1 is 1.03 bits per heavy atom. The van der Waals surface area contributed by atoms with Gasteiger partial charge in [-0.2, -0.15) is 4.98 Å². The highest BCUT2D eigenvalue weighted by atomic mass is 16.5. The zero-order chi connectivity index (χ0) is 25.8. The van der Waals surface area contributed by atoms with E-state index in [-0.39, 0.29) is 18.1 Å². The fourth-order valence-corrected chi connectivity index (χ4v) is 5.33. The number of ether oxygens (including phenoxy) is 1. The van der Waals surface area contributed by atoms with Gasteiger partial charge >= 0.3 is 0 Å². The molecule has 0 atom stereocenters. The Kier molecular flexibility index (Phi) is 5.25. The van der Waals surface area contributed by atoms with Gasteiger partial charge in [0.15, 0.2) is 29.6 Å². The molecule has 11 heteroatoms. The quantitative estimate of drug-likeness (QED) is 0.410. The van der Waals surface area contributed by atoms with Gasteiger partial charge in [0.2, 0.25) is 5.95 Å². The summed E-state index contributed by atoms with van der Waals surface area (Å²) in [6.45, 7) is 2.72. The lowest BCUT2D eigenvalue weighted by atomic mass is 10.1. The molecule has 2 bridgehead atoms. The minimum absolute atomic E-state index is 0.0116. The van der Waals surface area contributed by atoms with Crippen LogP contribution in [-0.4, -0.2) is 55.3 Å². The zero-order valence-electron chi connectivity index (χ0n) is 20.9. The summed E-state index contributed by atoms with van der Waals surface area (Å²) >= 11 is 0. The van der Waals surface area contributed by atoms with Crippen molar-refractivity contribution in [3.63, 3.8) is 0 Å². The molecule has 3 aliphatic heterocycles. The molecule has 1 N–H and O–H groups in total. The molecule has 0 fully saturated rings. The molecule has 0 spiro atoms. The second kappa shape index (κ2) is 8.80. The molecule has 0 aliphatic carbocycles. The van der Waals surface area contributed by atoms with Gasteiger partial charge in [0, 0.05) is 31.5 Å². The van der Waals surface area contributed by atoms with Gasteiger partial charge in [-0.05, 0) is 55.3 Å². The second-order valence-corrected chi connectivity index (χ2v) is 9.85. The van der Waals surface area contributed by atoms with E-state index in [1.54, 1.807) is 32.6 Å². The number of allylic oxidation sites excluding steroid dienone is 2. The molecule has 3 aliphatic rings. The van der Waals surface area contributed by atoms with Crippen LogP contribution in [0, 0.1) is 0 Å². The van der Waals surface area contributed by atoms with Crippen LogP contribution >= 0.6 is 0 Å². The van der Waals surface area contributed by atoms with E-state index in [1.807, 2.05) is 18.2 Å². The van der Waals surface area contributed by atoms with Crippen LogP contribution < -0.4 is 20.5 Å². The molecule has 3 aromatic heterocycles. The van der Waals surface area contributed by atoms with Crippen molar-refractivity contribution in [3.05, 3.63) is 70.2 Å². The van der Waals surface area contributed by atoms with Gasteiger partial charge in [-0.1, -0.05) is 18.2 Å². The summed E-state index contributed by atoms with van der Waals surface area (Å²) in [7, 11) is 2.10. The van der Waals surface area contributed by atoms with Crippen LogP contribution in [0.1, 0.15) is 24.0 Å². The van der Waals surface area contributed by atoms with Crippen molar-refractivity contribution in [1.82, 2.24) is 29.2 Å². The highest BCUT2D eigenvalue weighted by Crippen LogP contribution is 2.32. The van der Waals surface area contributed by atoms with Crippen LogP contribution in [-0.2, 0) is 24.4 Å². The molecule has 38 heavy (non-hydrogen) atoms. The highest BCUT2D eigenvalue weighted by molar-refractivity contribution is 5.96.